The number of aromatic nitrogens is 1. The third-order valence-electron chi connectivity index (χ3n) is 4.69. The first kappa shape index (κ1) is 13.2. The maximum absolute atomic E-state index is 10.6. The summed E-state index contributed by atoms with van der Waals surface area (Å²) in [5, 5.41) is 21.2. The minimum Gasteiger partial charge on any atom is -0.494 e. The lowest BCUT2D eigenvalue weighted by Crippen LogP contribution is -2.16. The van der Waals surface area contributed by atoms with Crippen LogP contribution in [0.4, 0.5) is 0 Å². The van der Waals surface area contributed by atoms with Crippen LogP contribution < -0.4 is 0 Å². The van der Waals surface area contributed by atoms with E-state index in [0.717, 1.165) is 39.7 Å². The molecule has 2 atom stereocenters. The van der Waals surface area contributed by atoms with Crippen LogP contribution in [0.25, 0.3) is 5.69 Å². The number of nitrogens with zero attached hydrogens (tertiary/aromatic N) is 1. The van der Waals surface area contributed by atoms with E-state index in [4.69, 9.17) is 4.74 Å². The summed E-state index contributed by atoms with van der Waals surface area (Å²) in [4.78, 5) is 0. The van der Waals surface area contributed by atoms with Crippen LogP contribution in [0.1, 0.15) is 42.6 Å². The number of rotatable bonds is 1. The van der Waals surface area contributed by atoms with Gasteiger partial charge in [0.05, 0.1) is 28.5 Å². The number of halogens is 1. The summed E-state index contributed by atoms with van der Waals surface area (Å²) >= 11 is 3.47. The Bertz CT molecular complexity index is 767. The molecule has 5 heteroatoms. The number of hydrogen-bond donors (Lipinski definition) is 2. The van der Waals surface area contributed by atoms with E-state index in [1.807, 2.05) is 32.0 Å². The molecule has 0 unspecified atom stereocenters. The summed E-state index contributed by atoms with van der Waals surface area (Å²) in [5.41, 5.74) is 2.82. The highest BCUT2D eigenvalue weighted by Gasteiger charge is 2.53. The van der Waals surface area contributed by atoms with E-state index >= 15 is 0 Å². The maximum atomic E-state index is 10.6. The van der Waals surface area contributed by atoms with E-state index in [0.29, 0.717) is 0 Å². The molecule has 1 saturated heterocycles. The van der Waals surface area contributed by atoms with Crippen molar-refractivity contribution in [2.75, 3.05) is 0 Å². The molecule has 0 spiro atoms. The van der Waals surface area contributed by atoms with Crippen LogP contribution in [-0.4, -0.2) is 14.8 Å². The molecule has 1 aromatic carbocycles. The molecule has 4 nitrogen and oxygen atoms in total. The average Bonchev–Trinajstić information content (AvgIpc) is 3.03. The Kier molecular flexibility index (Phi) is 2.55. The highest BCUT2D eigenvalue weighted by Crippen LogP contribution is 2.61. The molecular formula is C16H16BrNO3. The lowest BCUT2D eigenvalue weighted by Gasteiger charge is -2.19. The van der Waals surface area contributed by atoms with Crippen LogP contribution in [0.15, 0.2) is 22.7 Å². The first-order valence-electron chi connectivity index (χ1n) is 7.04. The zero-order valence-electron chi connectivity index (χ0n) is 11.9. The van der Waals surface area contributed by atoms with Gasteiger partial charge in [-0.05, 0) is 50.5 Å². The number of aryl methyl sites for hydroxylation is 1. The van der Waals surface area contributed by atoms with Gasteiger partial charge in [0.2, 0.25) is 11.8 Å². The number of benzene rings is 1. The summed E-state index contributed by atoms with van der Waals surface area (Å²) in [6, 6.07) is 5.72. The van der Waals surface area contributed by atoms with Crippen molar-refractivity contribution in [2.24, 2.45) is 0 Å². The lowest BCUT2D eigenvalue weighted by atomic mass is 9.86. The van der Waals surface area contributed by atoms with E-state index in [1.165, 1.54) is 4.57 Å². The molecule has 2 aliphatic heterocycles. The molecule has 0 radical (unpaired) electrons. The average molecular weight is 350 g/mol. The summed E-state index contributed by atoms with van der Waals surface area (Å²) in [7, 11) is 0. The fraction of sp³-hybridized carbons (Fsp3) is 0.375. The molecule has 1 aromatic heterocycles. The van der Waals surface area contributed by atoms with Crippen molar-refractivity contribution in [3.8, 4) is 17.4 Å². The fourth-order valence-electron chi connectivity index (χ4n) is 3.63. The van der Waals surface area contributed by atoms with Crippen LogP contribution in [0.2, 0.25) is 0 Å². The Morgan fingerprint density at radius 1 is 1.33 bits per heavy atom. The Morgan fingerprint density at radius 2 is 2.10 bits per heavy atom. The van der Waals surface area contributed by atoms with Crippen LogP contribution in [-0.2, 0) is 10.3 Å². The van der Waals surface area contributed by atoms with Gasteiger partial charge in [-0.1, -0.05) is 15.9 Å². The second-order valence-corrected chi connectivity index (χ2v) is 6.94. The van der Waals surface area contributed by atoms with Gasteiger partial charge in [0.15, 0.2) is 0 Å². The predicted molar refractivity (Wildman–Crippen MR) is 81.9 cm³/mol. The summed E-state index contributed by atoms with van der Waals surface area (Å²) in [6.45, 7) is 3.96. The number of aromatic hydroxyl groups is 2. The number of ether oxygens (including phenoxy) is 1. The quantitative estimate of drug-likeness (QED) is 0.816. The van der Waals surface area contributed by atoms with Gasteiger partial charge in [-0.15, -0.1) is 0 Å². The lowest BCUT2D eigenvalue weighted by molar-refractivity contribution is -0.00959. The van der Waals surface area contributed by atoms with Gasteiger partial charge in [-0.3, -0.25) is 4.57 Å². The first-order valence-corrected chi connectivity index (χ1v) is 7.83. The van der Waals surface area contributed by atoms with Crippen LogP contribution in [0.5, 0.6) is 11.8 Å². The zero-order valence-corrected chi connectivity index (χ0v) is 13.4. The van der Waals surface area contributed by atoms with Gasteiger partial charge in [0, 0.05) is 4.47 Å². The van der Waals surface area contributed by atoms with Crippen LogP contribution in [0, 0.1) is 6.92 Å². The number of hydrogen-bond acceptors (Lipinski definition) is 3. The van der Waals surface area contributed by atoms with Crippen molar-refractivity contribution in [2.45, 2.75) is 38.4 Å². The molecule has 2 aliphatic rings. The SMILES string of the molecule is Cc1cc(-n2c(O)c3c(c2O)[C@]2(C)CC[C@H]3O2)ccc1Br. The van der Waals surface area contributed by atoms with Crippen molar-refractivity contribution in [1.82, 2.24) is 4.57 Å². The Balaban J connectivity index is 1.96. The molecule has 2 aromatic rings. The van der Waals surface area contributed by atoms with Gasteiger partial charge in [-0.2, -0.15) is 0 Å². The molecule has 1 fully saturated rings. The van der Waals surface area contributed by atoms with Crippen molar-refractivity contribution in [3.05, 3.63) is 39.4 Å². The Labute approximate surface area is 131 Å². The van der Waals surface area contributed by atoms with Crippen LogP contribution >= 0.6 is 15.9 Å². The van der Waals surface area contributed by atoms with E-state index < -0.39 is 5.60 Å². The van der Waals surface area contributed by atoms with Crippen molar-refractivity contribution >= 4 is 15.9 Å². The molecule has 0 amide bonds. The van der Waals surface area contributed by atoms with Crippen molar-refractivity contribution in [1.29, 1.82) is 0 Å². The molecular weight excluding hydrogens is 334 g/mol. The molecule has 2 bridgehead atoms. The predicted octanol–water partition coefficient (Wildman–Crippen LogP) is 4.04. The van der Waals surface area contributed by atoms with E-state index in [9.17, 15) is 10.2 Å². The topological polar surface area (TPSA) is 54.6 Å². The van der Waals surface area contributed by atoms with E-state index in [1.54, 1.807) is 0 Å². The van der Waals surface area contributed by atoms with Crippen LogP contribution in [0.3, 0.4) is 0 Å². The van der Waals surface area contributed by atoms with Gasteiger partial charge in [0.25, 0.3) is 0 Å². The van der Waals surface area contributed by atoms with Gasteiger partial charge < -0.3 is 14.9 Å². The highest BCUT2D eigenvalue weighted by atomic mass is 79.9. The fourth-order valence-corrected chi connectivity index (χ4v) is 3.88. The molecule has 3 heterocycles. The van der Waals surface area contributed by atoms with Gasteiger partial charge >= 0.3 is 0 Å². The standard InChI is InChI=1S/C16H16BrNO3/c1-8-7-9(3-4-10(8)17)18-14(19)12-11-5-6-16(2,21-11)13(12)15(18)20/h3-4,7,11,19-20H,5-6H2,1-2H3/t11-,16+/m1/s1. The largest absolute Gasteiger partial charge is 0.494 e. The molecule has 2 N–H and O–H groups in total. The summed E-state index contributed by atoms with van der Waals surface area (Å²) < 4.78 is 8.44. The molecule has 0 saturated carbocycles. The summed E-state index contributed by atoms with van der Waals surface area (Å²) in [5.74, 6) is 0.187. The van der Waals surface area contributed by atoms with Crippen molar-refractivity contribution in [3.63, 3.8) is 0 Å². The summed E-state index contributed by atoms with van der Waals surface area (Å²) in [6.07, 6.45) is 1.66. The van der Waals surface area contributed by atoms with E-state index in [2.05, 4.69) is 15.9 Å². The monoisotopic (exact) mass is 349 g/mol. The molecule has 4 rings (SSSR count). The van der Waals surface area contributed by atoms with Gasteiger partial charge in [-0.25, -0.2) is 0 Å². The van der Waals surface area contributed by atoms with Crippen molar-refractivity contribution < 1.29 is 14.9 Å². The minimum atomic E-state index is -0.475. The molecule has 110 valence electrons. The normalized spacial score (nSPS) is 26.3. The highest BCUT2D eigenvalue weighted by molar-refractivity contribution is 9.10. The third kappa shape index (κ3) is 1.59. The van der Waals surface area contributed by atoms with E-state index in [-0.39, 0.29) is 17.9 Å². The van der Waals surface area contributed by atoms with Gasteiger partial charge in [0.1, 0.15) is 0 Å². The number of fused-ring (bicyclic) bond motifs is 5. The maximum Gasteiger partial charge on any atom is 0.205 e. The smallest absolute Gasteiger partial charge is 0.205 e. The second kappa shape index (κ2) is 4.05. The Hall–Kier alpha value is -1.46. The zero-order chi connectivity index (χ0) is 14.9. The first-order chi connectivity index (χ1) is 9.92. The second-order valence-electron chi connectivity index (χ2n) is 6.08. The minimum absolute atomic E-state index is 0.0916. The Morgan fingerprint density at radius 3 is 2.76 bits per heavy atom. The third-order valence-corrected chi connectivity index (χ3v) is 5.58. The molecule has 21 heavy (non-hydrogen) atoms. The molecule has 0 aliphatic carbocycles.